The maximum Gasteiger partial charge on any atom is 0.250 e. The second-order valence-corrected chi connectivity index (χ2v) is 2.73. The molecular weight excluding hydrogens is 182 g/mol. The normalized spacial score (nSPS) is 9.79. The van der Waals surface area contributed by atoms with Crippen molar-refractivity contribution in [2.45, 2.75) is 13.3 Å². The summed E-state index contributed by atoms with van der Waals surface area (Å²) in [5.74, 6) is -0.187. The van der Waals surface area contributed by atoms with Gasteiger partial charge in [-0.2, -0.15) is 0 Å². The molecule has 1 aromatic heterocycles. The Bertz CT molecular complexity index is 277. The average Bonchev–Trinajstić information content (AvgIpc) is 2.20. The van der Waals surface area contributed by atoms with Crippen LogP contribution in [0.15, 0.2) is 18.7 Å². The first-order valence-corrected chi connectivity index (χ1v) is 4.45. The maximum absolute atomic E-state index is 11.2. The number of hydrogen-bond donors (Lipinski definition) is 1. The third-order valence-electron chi connectivity index (χ3n) is 1.43. The maximum atomic E-state index is 11.2. The molecule has 0 aliphatic heterocycles. The number of nitrogens with zero attached hydrogens (tertiary/aromatic N) is 2. The lowest BCUT2D eigenvalue weighted by Gasteiger charge is -2.03. The van der Waals surface area contributed by atoms with E-state index in [9.17, 15) is 4.79 Å². The quantitative estimate of drug-likeness (QED) is 0.707. The Labute approximate surface area is 82.5 Å². The van der Waals surface area contributed by atoms with Crippen LogP contribution < -0.4 is 5.32 Å². The van der Waals surface area contributed by atoms with Crippen molar-refractivity contribution in [3.63, 3.8) is 0 Å². The highest BCUT2D eigenvalue weighted by Crippen LogP contribution is 1.99. The van der Waals surface area contributed by atoms with Gasteiger partial charge < -0.3 is 10.1 Å². The van der Waals surface area contributed by atoms with Crippen LogP contribution in [0.1, 0.15) is 13.3 Å². The first-order chi connectivity index (χ1) is 6.83. The molecule has 0 aromatic carbocycles. The van der Waals surface area contributed by atoms with Gasteiger partial charge in [0.05, 0.1) is 18.1 Å². The molecule has 0 spiro atoms. The van der Waals surface area contributed by atoms with E-state index in [1.54, 1.807) is 0 Å². The van der Waals surface area contributed by atoms with Gasteiger partial charge >= 0.3 is 0 Å². The van der Waals surface area contributed by atoms with Crippen LogP contribution in [0.5, 0.6) is 0 Å². The summed E-state index contributed by atoms with van der Waals surface area (Å²) in [6.45, 7) is 2.66. The van der Waals surface area contributed by atoms with E-state index in [4.69, 9.17) is 4.74 Å². The van der Waals surface area contributed by atoms with Gasteiger partial charge in [0.15, 0.2) is 0 Å². The highest BCUT2D eigenvalue weighted by molar-refractivity contribution is 5.91. The Hall–Kier alpha value is -1.49. The zero-order chi connectivity index (χ0) is 10.2. The Morgan fingerprint density at radius 3 is 2.86 bits per heavy atom. The van der Waals surface area contributed by atoms with E-state index >= 15 is 0 Å². The monoisotopic (exact) mass is 195 g/mol. The number of carbonyl (C=O) groups excluding carboxylic acids is 1. The lowest BCUT2D eigenvalue weighted by molar-refractivity contribution is -0.120. The number of hydrogen-bond acceptors (Lipinski definition) is 4. The van der Waals surface area contributed by atoms with Crippen LogP contribution in [0.3, 0.4) is 0 Å². The van der Waals surface area contributed by atoms with Gasteiger partial charge in [-0.25, -0.2) is 9.97 Å². The minimum Gasteiger partial charge on any atom is -0.372 e. The van der Waals surface area contributed by atoms with Gasteiger partial charge in [0.2, 0.25) is 5.91 Å². The lowest BCUT2D eigenvalue weighted by atomic mass is 10.5. The van der Waals surface area contributed by atoms with Gasteiger partial charge in [0.1, 0.15) is 12.9 Å². The molecule has 0 saturated heterocycles. The number of rotatable bonds is 5. The molecule has 1 amide bonds. The molecule has 1 heterocycles. The number of aromatic nitrogens is 2. The van der Waals surface area contributed by atoms with Crippen LogP contribution in [0.4, 0.5) is 5.69 Å². The first kappa shape index (κ1) is 10.6. The van der Waals surface area contributed by atoms with Crippen LogP contribution in [0, 0.1) is 0 Å². The van der Waals surface area contributed by atoms with Crippen molar-refractivity contribution >= 4 is 11.6 Å². The van der Waals surface area contributed by atoms with Gasteiger partial charge in [0, 0.05) is 6.61 Å². The molecule has 1 N–H and O–H groups in total. The van der Waals surface area contributed by atoms with Crippen LogP contribution >= 0.6 is 0 Å². The molecular formula is C9H13N3O2. The summed E-state index contributed by atoms with van der Waals surface area (Å²) in [6.07, 6.45) is 5.38. The molecule has 5 nitrogen and oxygen atoms in total. The molecule has 76 valence electrons. The molecule has 14 heavy (non-hydrogen) atoms. The number of amides is 1. The zero-order valence-electron chi connectivity index (χ0n) is 8.06. The third kappa shape index (κ3) is 3.95. The van der Waals surface area contributed by atoms with Gasteiger partial charge in [0.25, 0.3) is 0 Å². The van der Waals surface area contributed by atoms with Gasteiger partial charge in [-0.3, -0.25) is 4.79 Å². The summed E-state index contributed by atoms with van der Waals surface area (Å²) in [6, 6.07) is 0. The Morgan fingerprint density at radius 1 is 1.50 bits per heavy atom. The average molecular weight is 195 g/mol. The largest absolute Gasteiger partial charge is 0.372 e. The fourth-order valence-electron chi connectivity index (χ4n) is 0.870. The minimum absolute atomic E-state index is 0.0722. The zero-order valence-corrected chi connectivity index (χ0v) is 8.06. The smallest absolute Gasteiger partial charge is 0.250 e. The van der Waals surface area contributed by atoms with E-state index in [2.05, 4.69) is 15.3 Å². The van der Waals surface area contributed by atoms with Crippen LogP contribution in [-0.2, 0) is 9.53 Å². The topological polar surface area (TPSA) is 64.1 Å². The highest BCUT2D eigenvalue weighted by atomic mass is 16.5. The second-order valence-electron chi connectivity index (χ2n) is 2.73. The molecule has 0 saturated carbocycles. The van der Waals surface area contributed by atoms with Gasteiger partial charge in [-0.1, -0.05) is 6.92 Å². The number of carbonyl (C=O) groups is 1. The predicted octanol–water partition coefficient (Wildman–Crippen LogP) is 0.842. The minimum atomic E-state index is -0.187. The summed E-state index contributed by atoms with van der Waals surface area (Å²) in [5.41, 5.74) is 0.581. The van der Waals surface area contributed by atoms with E-state index in [-0.39, 0.29) is 12.5 Å². The second kappa shape index (κ2) is 6.04. The molecule has 0 bridgehead atoms. The summed E-state index contributed by atoms with van der Waals surface area (Å²) in [5, 5.41) is 2.61. The van der Waals surface area contributed by atoms with E-state index in [0.29, 0.717) is 12.3 Å². The van der Waals surface area contributed by atoms with Gasteiger partial charge in [-0.15, -0.1) is 0 Å². The molecule has 1 aromatic rings. The summed E-state index contributed by atoms with van der Waals surface area (Å²) < 4.78 is 5.06. The molecule has 0 radical (unpaired) electrons. The van der Waals surface area contributed by atoms with Crippen molar-refractivity contribution in [3.8, 4) is 0 Å². The first-order valence-electron chi connectivity index (χ1n) is 4.45. The Kier molecular flexibility index (Phi) is 4.57. The Balaban J connectivity index is 2.27. The van der Waals surface area contributed by atoms with Crippen molar-refractivity contribution in [2.75, 3.05) is 18.5 Å². The van der Waals surface area contributed by atoms with Crippen molar-refractivity contribution in [1.82, 2.24) is 9.97 Å². The summed E-state index contributed by atoms with van der Waals surface area (Å²) >= 11 is 0. The third-order valence-corrected chi connectivity index (χ3v) is 1.43. The fourth-order valence-corrected chi connectivity index (χ4v) is 0.870. The Morgan fingerprint density at radius 2 is 2.21 bits per heavy atom. The molecule has 0 unspecified atom stereocenters. The number of ether oxygens (including phenoxy) is 1. The molecule has 0 fully saturated rings. The molecule has 0 atom stereocenters. The summed E-state index contributed by atoms with van der Waals surface area (Å²) in [7, 11) is 0. The lowest BCUT2D eigenvalue weighted by Crippen LogP contribution is -2.18. The molecule has 1 rings (SSSR count). The van der Waals surface area contributed by atoms with E-state index in [0.717, 1.165) is 6.42 Å². The SMILES string of the molecule is CCCOCC(=O)Nc1cncnc1. The number of anilines is 1. The fraction of sp³-hybridized carbons (Fsp3) is 0.444. The molecule has 5 heteroatoms. The predicted molar refractivity (Wildman–Crippen MR) is 51.8 cm³/mol. The standard InChI is InChI=1S/C9H13N3O2/c1-2-3-14-6-9(13)12-8-4-10-7-11-5-8/h4-5,7H,2-3,6H2,1H3,(H,12,13). The van der Waals surface area contributed by atoms with Crippen LogP contribution in [0.25, 0.3) is 0 Å². The molecule has 0 aliphatic carbocycles. The summed E-state index contributed by atoms with van der Waals surface area (Å²) in [4.78, 5) is 18.7. The van der Waals surface area contributed by atoms with Crippen molar-refractivity contribution in [3.05, 3.63) is 18.7 Å². The van der Waals surface area contributed by atoms with E-state index < -0.39 is 0 Å². The van der Waals surface area contributed by atoms with Crippen LogP contribution in [0.2, 0.25) is 0 Å². The van der Waals surface area contributed by atoms with Crippen molar-refractivity contribution in [1.29, 1.82) is 0 Å². The van der Waals surface area contributed by atoms with E-state index in [1.807, 2.05) is 6.92 Å². The molecule has 0 aliphatic rings. The van der Waals surface area contributed by atoms with Crippen molar-refractivity contribution in [2.24, 2.45) is 0 Å². The van der Waals surface area contributed by atoms with Gasteiger partial charge in [-0.05, 0) is 6.42 Å². The highest BCUT2D eigenvalue weighted by Gasteiger charge is 2.01. The van der Waals surface area contributed by atoms with E-state index in [1.165, 1.54) is 18.7 Å². The van der Waals surface area contributed by atoms with Crippen LogP contribution in [-0.4, -0.2) is 29.1 Å². The number of nitrogens with one attached hydrogen (secondary N) is 1. The van der Waals surface area contributed by atoms with Crippen molar-refractivity contribution < 1.29 is 9.53 Å².